The van der Waals surface area contributed by atoms with E-state index >= 15 is 0 Å². The predicted molar refractivity (Wildman–Crippen MR) is 92.8 cm³/mol. The average Bonchev–Trinajstić information content (AvgIpc) is 3.29. The molecule has 6 nitrogen and oxygen atoms in total. The van der Waals surface area contributed by atoms with E-state index in [0.717, 1.165) is 68.0 Å². The fraction of sp³-hybridized carbons (Fsp3) is 0.474. The maximum Gasteiger partial charge on any atom is 0.231 e. The number of hydrogen-bond acceptors (Lipinski definition) is 6. The van der Waals surface area contributed by atoms with Crippen molar-refractivity contribution < 1.29 is 18.6 Å². The molecule has 0 amide bonds. The van der Waals surface area contributed by atoms with E-state index in [1.54, 1.807) is 0 Å². The van der Waals surface area contributed by atoms with E-state index in [1.807, 2.05) is 25.1 Å². The summed E-state index contributed by atoms with van der Waals surface area (Å²) in [5.41, 5.74) is 1.12. The van der Waals surface area contributed by atoms with Crippen LogP contribution in [0.15, 0.2) is 34.7 Å². The molecule has 0 bridgehead atoms. The Kier molecular flexibility index (Phi) is 4.92. The number of para-hydroxylation sites is 1. The standard InChI is InChI=1S/C19H24N2O4/c1-14-5-6-17(25-14)16(21-7-9-22-10-8-21)12-20-11-15-3-2-4-18-19(15)24-13-23-18/h2-6,16,20H,7-13H2,1H3/t16-/m1/s1. The SMILES string of the molecule is Cc1ccc([C@@H](CNCc2cccc3c2OCO3)N2CCOCC2)o1. The number of nitrogens with zero attached hydrogens (tertiary/aromatic N) is 1. The lowest BCUT2D eigenvalue weighted by molar-refractivity contribution is 0.0115. The summed E-state index contributed by atoms with van der Waals surface area (Å²) < 4.78 is 22.4. The summed E-state index contributed by atoms with van der Waals surface area (Å²) in [4.78, 5) is 2.42. The third-order valence-corrected chi connectivity index (χ3v) is 4.71. The van der Waals surface area contributed by atoms with Crippen molar-refractivity contribution in [2.45, 2.75) is 19.5 Å². The maximum absolute atomic E-state index is 5.91. The van der Waals surface area contributed by atoms with Gasteiger partial charge < -0.3 is 23.9 Å². The van der Waals surface area contributed by atoms with Crippen LogP contribution in [0.2, 0.25) is 0 Å². The van der Waals surface area contributed by atoms with E-state index in [2.05, 4.69) is 22.3 Å². The van der Waals surface area contributed by atoms with Gasteiger partial charge in [0.1, 0.15) is 11.5 Å². The van der Waals surface area contributed by atoms with E-state index in [4.69, 9.17) is 18.6 Å². The Morgan fingerprint density at radius 2 is 2.00 bits per heavy atom. The highest BCUT2D eigenvalue weighted by atomic mass is 16.7. The van der Waals surface area contributed by atoms with E-state index in [-0.39, 0.29) is 6.04 Å². The van der Waals surface area contributed by atoms with Crippen molar-refractivity contribution in [2.75, 3.05) is 39.6 Å². The first-order chi connectivity index (χ1) is 12.3. The van der Waals surface area contributed by atoms with E-state index < -0.39 is 0 Å². The second-order valence-electron chi connectivity index (χ2n) is 6.39. The highest BCUT2D eigenvalue weighted by Gasteiger charge is 2.25. The summed E-state index contributed by atoms with van der Waals surface area (Å²) in [5, 5.41) is 3.56. The molecule has 1 N–H and O–H groups in total. The van der Waals surface area contributed by atoms with Gasteiger partial charge in [-0.2, -0.15) is 0 Å². The van der Waals surface area contributed by atoms with Gasteiger partial charge in [-0.1, -0.05) is 12.1 Å². The van der Waals surface area contributed by atoms with Gasteiger partial charge in [-0.15, -0.1) is 0 Å². The van der Waals surface area contributed by atoms with Crippen molar-refractivity contribution in [2.24, 2.45) is 0 Å². The van der Waals surface area contributed by atoms with Crippen molar-refractivity contribution >= 4 is 0 Å². The molecule has 2 aliphatic heterocycles. The Morgan fingerprint density at radius 1 is 1.12 bits per heavy atom. The highest BCUT2D eigenvalue weighted by Crippen LogP contribution is 2.35. The monoisotopic (exact) mass is 344 g/mol. The van der Waals surface area contributed by atoms with Crippen LogP contribution in [-0.2, 0) is 11.3 Å². The van der Waals surface area contributed by atoms with Crippen LogP contribution < -0.4 is 14.8 Å². The van der Waals surface area contributed by atoms with Gasteiger partial charge in [0.25, 0.3) is 0 Å². The first-order valence-corrected chi connectivity index (χ1v) is 8.77. The Bertz CT molecular complexity index is 709. The van der Waals surface area contributed by atoms with Crippen molar-refractivity contribution in [1.82, 2.24) is 10.2 Å². The molecule has 0 aliphatic carbocycles. The fourth-order valence-electron chi connectivity index (χ4n) is 3.40. The third-order valence-electron chi connectivity index (χ3n) is 4.71. The van der Waals surface area contributed by atoms with Crippen LogP contribution in [0.5, 0.6) is 11.5 Å². The van der Waals surface area contributed by atoms with Gasteiger partial charge in [0.05, 0.1) is 19.3 Å². The number of rotatable bonds is 6. The number of aryl methyl sites for hydroxylation is 1. The summed E-state index contributed by atoms with van der Waals surface area (Å²) in [5.74, 6) is 3.63. The average molecular weight is 344 g/mol. The number of morpholine rings is 1. The normalized spacial score (nSPS) is 18.4. The minimum Gasteiger partial charge on any atom is -0.465 e. The molecule has 1 saturated heterocycles. The molecular formula is C19H24N2O4. The van der Waals surface area contributed by atoms with E-state index in [9.17, 15) is 0 Å². The van der Waals surface area contributed by atoms with Crippen molar-refractivity contribution in [3.63, 3.8) is 0 Å². The number of hydrogen-bond donors (Lipinski definition) is 1. The van der Waals surface area contributed by atoms with Crippen LogP contribution in [0.25, 0.3) is 0 Å². The molecule has 0 saturated carbocycles. The molecule has 1 fully saturated rings. The lowest BCUT2D eigenvalue weighted by Crippen LogP contribution is -2.42. The molecule has 134 valence electrons. The zero-order valence-corrected chi connectivity index (χ0v) is 14.5. The molecule has 0 radical (unpaired) electrons. The zero-order valence-electron chi connectivity index (χ0n) is 14.5. The minimum atomic E-state index is 0.200. The number of ether oxygens (including phenoxy) is 3. The van der Waals surface area contributed by atoms with Crippen LogP contribution in [0, 0.1) is 6.92 Å². The molecule has 1 aromatic carbocycles. The van der Waals surface area contributed by atoms with E-state index in [0.29, 0.717) is 6.79 Å². The molecule has 2 aromatic rings. The highest BCUT2D eigenvalue weighted by molar-refractivity contribution is 5.48. The smallest absolute Gasteiger partial charge is 0.231 e. The molecule has 4 rings (SSSR count). The molecule has 25 heavy (non-hydrogen) atoms. The van der Waals surface area contributed by atoms with Crippen LogP contribution in [0.3, 0.4) is 0 Å². The first-order valence-electron chi connectivity index (χ1n) is 8.77. The van der Waals surface area contributed by atoms with Crippen LogP contribution in [0.4, 0.5) is 0 Å². The van der Waals surface area contributed by atoms with Gasteiger partial charge in [0, 0.05) is 31.7 Å². The Morgan fingerprint density at radius 3 is 2.80 bits per heavy atom. The van der Waals surface area contributed by atoms with Gasteiger partial charge in [0.15, 0.2) is 11.5 Å². The Labute approximate surface area is 147 Å². The second-order valence-corrected chi connectivity index (χ2v) is 6.39. The Hall–Kier alpha value is -2.02. The molecule has 3 heterocycles. The quantitative estimate of drug-likeness (QED) is 0.869. The molecule has 0 unspecified atom stereocenters. The summed E-state index contributed by atoms with van der Waals surface area (Å²) in [6.07, 6.45) is 0. The largest absolute Gasteiger partial charge is 0.465 e. The molecule has 1 aromatic heterocycles. The number of fused-ring (bicyclic) bond motifs is 1. The van der Waals surface area contributed by atoms with Crippen molar-refractivity contribution in [3.05, 3.63) is 47.4 Å². The summed E-state index contributed by atoms with van der Waals surface area (Å²) in [6, 6.07) is 10.3. The third kappa shape index (κ3) is 3.66. The van der Waals surface area contributed by atoms with Gasteiger partial charge in [-0.3, -0.25) is 4.90 Å². The summed E-state index contributed by atoms with van der Waals surface area (Å²) in [7, 11) is 0. The fourth-order valence-corrected chi connectivity index (χ4v) is 3.40. The maximum atomic E-state index is 5.91. The molecular weight excluding hydrogens is 320 g/mol. The summed E-state index contributed by atoms with van der Waals surface area (Å²) >= 11 is 0. The molecule has 1 atom stereocenters. The van der Waals surface area contributed by atoms with Gasteiger partial charge in [-0.05, 0) is 25.1 Å². The Balaban J connectivity index is 1.43. The van der Waals surface area contributed by atoms with Gasteiger partial charge >= 0.3 is 0 Å². The lowest BCUT2D eigenvalue weighted by atomic mass is 10.1. The van der Waals surface area contributed by atoms with Gasteiger partial charge in [0.2, 0.25) is 6.79 Å². The van der Waals surface area contributed by atoms with Gasteiger partial charge in [-0.25, -0.2) is 0 Å². The number of furan rings is 1. The van der Waals surface area contributed by atoms with Crippen LogP contribution in [-0.4, -0.2) is 44.5 Å². The number of benzene rings is 1. The second kappa shape index (κ2) is 7.47. The minimum absolute atomic E-state index is 0.200. The lowest BCUT2D eigenvalue weighted by Gasteiger charge is -2.33. The number of nitrogens with one attached hydrogen (secondary N) is 1. The zero-order chi connectivity index (χ0) is 17.1. The van der Waals surface area contributed by atoms with Crippen LogP contribution in [0.1, 0.15) is 23.1 Å². The van der Waals surface area contributed by atoms with E-state index in [1.165, 1.54) is 0 Å². The predicted octanol–water partition coefficient (Wildman–Crippen LogP) is 2.48. The topological polar surface area (TPSA) is 56.1 Å². The van der Waals surface area contributed by atoms with Crippen molar-refractivity contribution in [1.29, 1.82) is 0 Å². The molecule has 0 spiro atoms. The molecule has 2 aliphatic rings. The van der Waals surface area contributed by atoms with Crippen molar-refractivity contribution in [3.8, 4) is 11.5 Å². The summed E-state index contributed by atoms with van der Waals surface area (Å²) in [6.45, 7) is 7.20. The first kappa shape index (κ1) is 16.4. The molecule has 6 heteroatoms. The van der Waals surface area contributed by atoms with Crippen LogP contribution >= 0.6 is 0 Å².